The number of methoxy groups -OCH3 is 1. The normalized spacial score (nSPS) is 10.5. The third-order valence-corrected chi connectivity index (χ3v) is 4.17. The summed E-state index contributed by atoms with van der Waals surface area (Å²) in [5.74, 6) is 0.236. The van der Waals surface area contributed by atoms with Crippen molar-refractivity contribution in [1.82, 2.24) is 0 Å². The number of benzene rings is 3. The number of non-ortho nitro benzene ring substituents is 1. The zero-order valence-electron chi connectivity index (χ0n) is 14.1. The lowest BCUT2D eigenvalue weighted by Crippen LogP contribution is -2.01. The topological polar surface area (TPSA) is 78.4 Å². The van der Waals surface area contributed by atoms with Crippen molar-refractivity contribution in [3.63, 3.8) is 0 Å². The molecule has 2 N–H and O–H groups in total. The SMILES string of the molecule is COc1ccc(Cc2ccc(F)cc2)c(N)c1-c1cccc([N+](=O)[O-])c1. The average Bonchev–Trinajstić information content (AvgIpc) is 2.65. The number of halogens is 1. The number of nitrogen functional groups attached to an aromatic ring is 1. The van der Waals surface area contributed by atoms with Crippen molar-refractivity contribution in [2.24, 2.45) is 0 Å². The van der Waals surface area contributed by atoms with Gasteiger partial charge in [-0.3, -0.25) is 10.1 Å². The van der Waals surface area contributed by atoms with Crippen LogP contribution in [0.25, 0.3) is 11.1 Å². The molecule has 3 aromatic carbocycles. The molecule has 0 atom stereocenters. The zero-order valence-corrected chi connectivity index (χ0v) is 14.1. The van der Waals surface area contributed by atoms with Crippen LogP contribution in [0.1, 0.15) is 11.1 Å². The van der Waals surface area contributed by atoms with E-state index in [1.54, 1.807) is 30.3 Å². The van der Waals surface area contributed by atoms with Crippen LogP contribution in [-0.2, 0) is 6.42 Å². The molecule has 3 aromatic rings. The molecule has 0 heterocycles. The van der Waals surface area contributed by atoms with Crippen LogP contribution < -0.4 is 10.5 Å². The molecule has 0 aromatic heterocycles. The van der Waals surface area contributed by atoms with Gasteiger partial charge >= 0.3 is 0 Å². The van der Waals surface area contributed by atoms with E-state index in [-0.39, 0.29) is 11.5 Å². The highest BCUT2D eigenvalue weighted by Gasteiger charge is 2.16. The van der Waals surface area contributed by atoms with Crippen LogP contribution in [0.15, 0.2) is 60.7 Å². The number of rotatable bonds is 5. The molecule has 0 fully saturated rings. The number of hydrogen-bond acceptors (Lipinski definition) is 4. The van der Waals surface area contributed by atoms with Crippen molar-refractivity contribution >= 4 is 11.4 Å². The predicted octanol–water partition coefficient (Wildman–Crippen LogP) is 4.58. The Hall–Kier alpha value is -3.41. The molecule has 0 saturated heterocycles. The van der Waals surface area contributed by atoms with Gasteiger partial charge in [-0.15, -0.1) is 0 Å². The number of hydrogen-bond donors (Lipinski definition) is 1. The zero-order chi connectivity index (χ0) is 18.7. The van der Waals surface area contributed by atoms with E-state index in [1.165, 1.54) is 31.4 Å². The Bertz CT molecular complexity index is 956. The molecule has 0 unspecified atom stereocenters. The van der Waals surface area contributed by atoms with Crippen LogP contribution in [0.2, 0.25) is 0 Å². The van der Waals surface area contributed by atoms with Crippen molar-refractivity contribution in [2.45, 2.75) is 6.42 Å². The standard InChI is InChI=1S/C20H17FN2O3/c1-26-18-10-7-15(11-13-5-8-16(21)9-6-13)20(22)19(18)14-3-2-4-17(12-14)23(24)25/h2-10,12H,11,22H2,1H3. The van der Waals surface area contributed by atoms with E-state index in [0.29, 0.717) is 29.0 Å². The third-order valence-electron chi connectivity index (χ3n) is 4.17. The second-order valence-electron chi connectivity index (χ2n) is 5.83. The molecule has 5 nitrogen and oxygen atoms in total. The van der Waals surface area contributed by atoms with Crippen molar-refractivity contribution in [3.05, 3.63) is 87.7 Å². The van der Waals surface area contributed by atoms with Crippen LogP contribution in [0.5, 0.6) is 5.75 Å². The third kappa shape index (κ3) is 3.49. The number of ether oxygens (including phenoxy) is 1. The Kier molecular flexibility index (Phi) is 4.84. The first kappa shape index (κ1) is 17.4. The first-order valence-electron chi connectivity index (χ1n) is 7.94. The van der Waals surface area contributed by atoms with Crippen molar-refractivity contribution in [2.75, 3.05) is 12.8 Å². The number of nitrogens with zero attached hydrogens (tertiary/aromatic N) is 1. The molecule has 0 radical (unpaired) electrons. The van der Waals surface area contributed by atoms with Gasteiger partial charge in [-0.25, -0.2) is 4.39 Å². The van der Waals surface area contributed by atoms with Crippen LogP contribution >= 0.6 is 0 Å². The largest absolute Gasteiger partial charge is 0.496 e. The lowest BCUT2D eigenvalue weighted by atomic mass is 9.95. The number of nitro groups is 1. The van der Waals surface area contributed by atoms with E-state index in [2.05, 4.69) is 0 Å². The maximum absolute atomic E-state index is 13.1. The predicted molar refractivity (Wildman–Crippen MR) is 98.7 cm³/mol. The van der Waals surface area contributed by atoms with Gasteiger partial charge in [0.15, 0.2) is 0 Å². The summed E-state index contributed by atoms with van der Waals surface area (Å²) < 4.78 is 18.5. The van der Waals surface area contributed by atoms with Gasteiger partial charge in [0.1, 0.15) is 11.6 Å². The molecule has 132 valence electrons. The summed E-state index contributed by atoms with van der Waals surface area (Å²) in [7, 11) is 1.52. The number of anilines is 1. The van der Waals surface area contributed by atoms with Gasteiger partial charge in [0.25, 0.3) is 5.69 Å². The minimum absolute atomic E-state index is 0.0205. The fourth-order valence-electron chi connectivity index (χ4n) is 2.86. The second kappa shape index (κ2) is 7.23. The maximum Gasteiger partial charge on any atom is 0.270 e. The van der Waals surface area contributed by atoms with Crippen LogP contribution in [-0.4, -0.2) is 12.0 Å². The van der Waals surface area contributed by atoms with E-state index in [1.807, 2.05) is 6.07 Å². The Labute approximate surface area is 150 Å². The highest BCUT2D eigenvalue weighted by atomic mass is 19.1. The number of nitrogens with two attached hydrogens (primary N) is 1. The lowest BCUT2D eigenvalue weighted by molar-refractivity contribution is -0.384. The summed E-state index contributed by atoms with van der Waals surface area (Å²) >= 11 is 0. The molecule has 0 aliphatic heterocycles. The van der Waals surface area contributed by atoms with Crippen LogP contribution in [0.4, 0.5) is 15.8 Å². The van der Waals surface area contributed by atoms with E-state index >= 15 is 0 Å². The highest BCUT2D eigenvalue weighted by molar-refractivity contribution is 5.85. The van der Waals surface area contributed by atoms with E-state index in [4.69, 9.17) is 10.5 Å². The Morgan fingerprint density at radius 3 is 2.50 bits per heavy atom. The minimum atomic E-state index is -0.450. The lowest BCUT2D eigenvalue weighted by Gasteiger charge is -2.15. The molecule has 3 rings (SSSR count). The average molecular weight is 352 g/mol. The van der Waals surface area contributed by atoms with E-state index in [9.17, 15) is 14.5 Å². The molecule has 0 saturated carbocycles. The quantitative estimate of drug-likeness (QED) is 0.414. The van der Waals surface area contributed by atoms with Gasteiger partial charge in [-0.2, -0.15) is 0 Å². The summed E-state index contributed by atoms with van der Waals surface area (Å²) in [5.41, 5.74) is 9.79. The Morgan fingerprint density at radius 1 is 1.12 bits per heavy atom. The molecule has 6 heteroatoms. The van der Waals surface area contributed by atoms with E-state index in [0.717, 1.165) is 11.1 Å². The maximum atomic E-state index is 13.1. The summed E-state index contributed by atoms with van der Waals surface area (Å²) in [6, 6.07) is 16.1. The van der Waals surface area contributed by atoms with Crippen LogP contribution in [0.3, 0.4) is 0 Å². The molecule has 0 bridgehead atoms. The summed E-state index contributed by atoms with van der Waals surface area (Å²) in [6.07, 6.45) is 0.512. The number of nitro benzene ring substituents is 1. The first-order valence-corrected chi connectivity index (χ1v) is 7.94. The van der Waals surface area contributed by atoms with Gasteiger partial charge in [0.2, 0.25) is 0 Å². The van der Waals surface area contributed by atoms with Crippen molar-refractivity contribution in [3.8, 4) is 16.9 Å². The fraction of sp³-hybridized carbons (Fsp3) is 0.100. The van der Waals surface area contributed by atoms with Gasteiger partial charge < -0.3 is 10.5 Å². The second-order valence-corrected chi connectivity index (χ2v) is 5.83. The monoisotopic (exact) mass is 352 g/mol. The smallest absolute Gasteiger partial charge is 0.270 e. The summed E-state index contributed by atoms with van der Waals surface area (Å²) in [4.78, 5) is 10.6. The van der Waals surface area contributed by atoms with Crippen molar-refractivity contribution in [1.29, 1.82) is 0 Å². The first-order chi connectivity index (χ1) is 12.5. The van der Waals surface area contributed by atoms with Gasteiger partial charge in [-0.05, 0) is 41.3 Å². The van der Waals surface area contributed by atoms with Gasteiger partial charge in [0.05, 0.1) is 12.0 Å². The molecular weight excluding hydrogens is 335 g/mol. The minimum Gasteiger partial charge on any atom is -0.496 e. The molecule has 0 aliphatic carbocycles. The molecule has 0 spiro atoms. The van der Waals surface area contributed by atoms with Crippen LogP contribution in [0, 0.1) is 15.9 Å². The Morgan fingerprint density at radius 2 is 1.85 bits per heavy atom. The summed E-state index contributed by atoms with van der Waals surface area (Å²) in [6.45, 7) is 0. The molecule has 0 aliphatic rings. The molecule has 26 heavy (non-hydrogen) atoms. The van der Waals surface area contributed by atoms with E-state index < -0.39 is 4.92 Å². The summed E-state index contributed by atoms with van der Waals surface area (Å²) in [5, 5.41) is 11.1. The van der Waals surface area contributed by atoms with Gasteiger partial charge in [0, 0.05) is 23.4 Å². The van der Waals surface area contributed by atoms with Crippen molar-refractivity contribution < 1.29 is 14.1 Å². The Balaban J connectivity index is 2.08. The highest BCUT2D eigenvalue weighted by Crippen LogP contribution is 2.39. The van der Waals surface area contributed by atoms with Gasteiger partial charge in [-0.1, -0.05) is 30.3 Å². The molecular formula is C20H17FN2O3. The molecule has 0 amide bonds. The fourth-order valence-corrected chi connectivity index (χ4v) is 2.86.